The third-order valence-corrected chi connectivity index (χ3v) is 7.52. The van der Waals surface area contributed by atoms with Crippen LogP contribution in [0.5, 0.6) is 0 Å². The predicted octanol–water partition coefficient (Wildman–Crippen LogP) is 4.05. The molecule has 0 unspecified atom stereocenters. The van der Waals surface area contributed by atoms with Crippen molar-refractivity contribution < 1.29 is 18.3 Å². The fourth-order valence-electron chi connectivity index (χ4n) is 3.88. The summed E-state index contributed by atoms with van der Waals surface area (Å²) < 4.78 is 29.0. The van der Waals surface area contributed by atoms with E-state index in [0.29, 0.717) is 16.7 Å². The van der Waals surface area contributed by atoms with Crippen LogP contribution in [-0.4, -0.2) is 34.0 Å². The lowest BCUT2D eigenvalue weighted by Gasteiger charge is -2.09. The van der Waals surface area contributed by atoms with Crippen LogP contribution in [0.1, 0.15) is 21.5 Å². The zero-order valence-electron chi connectivity index (χ0n) is 18.1. The summed E-state index contributed by atoms with van der Waals surface area (Å²) in [6, 6.07) is 20.1. The highest BCUT2D eigenvalue weighted by Gasteiger charge is 2.30. The van der Waals surface area contributed by atoms with Gasteiger partial charge in [0.05, 0.1) is 28.0 Å². The number of nitrogen functional groups attached to an aromatic ring is 1. The summed E-state index contributed by atoms with van der Waals surface area (Å²) in [5, 5.41) is 9.16. The fraction of sp³-hybridized carbons (Fsp3) is 0.0800. The first-order valence-electron chi connectivity index (χ1n) is 10.4. The van der Waals surface area contributed by atoms with Gasteiger partial charge in [-0.1, -0.05) is 42.0 Å². The fourth-order valence-corrected chi connectivity index (χ4v) is 5.39. The maximum absolute atomic E-state index is 13.7. The Labute approximate surface area is 195 Å². The molecule has 34 heavy (non-hydrogen) atoms. The standard InChI is InChI=1S/C25H20N4O4S/c1-15-6-12-18(13-7-15)34(32,33)22-21-24(28-20-5-3-2-4-19(20)27-21)29(23(22)26)14-16-8-10-17(11-9-16)25(30)31/h2-13H,14,26H2,1H3,(H,30,31). The Morgan fingerprint density at radius 2 is 1.56 bits per heavy atom. The third-order valence-electron chi connectivity index (χ3n) is 5.69. The highest BCUT2D eigenvalue weighted by atomic mass is 32.2. The van der Waals surface area contributed by atoms with E-state index in [1.807, 2.05) is 13.0 Å². The number of hydrogen-bond donors (Lipinski definition) is 2. The number of carboxylic acids is 1. The summed E-state index contributed by atoms with van der Waals surface area (Å²) in [6.07, 6.45) is 0. The van der Waals surface area contributed by atoms with Crippen molar-refractivity contribution in [3.8, 4) is 0 Å². The molecule has 8 nitrogen and oxygen atoms in total. The molecule has 0 atom stereocenters. The van der Waals surface area contributed by atoms with Gasteiger partial charge in [0.1, 0.15) is 16.2 Å². The molecular formula is C25H20N4O4S. The minimum atomic E-state index is -4.00. The van der Waals surface area contributed by atoms with Crippen molar-refractivity contribution in [1.29, 1.82) is 0 Å². The Morgan fingerprint density at radius 1 is 0.941 bits per heavy atom. The molecule has 0 saturated carbocycles. The second-order valence-corrected chi connectivity index (χ2v) is 9.89. The van der Waals surface area contributed by atoms with Gasteiger partial charge in [-0.15, -0.1) is 0 Å². The highest BCUT2D eigenvalue weighted by molar-refractivity contribution is 7.92. The van der Waals surface area contributed by atoms with Crippen LogP contribution in [0.25, 0.3) is 22.2 Å². The maximum Gasteiger partial charge on any atom is 0.335 e. The average Bonchev–Trinajstić information content (AvgIpc) is 3.09. The number of aromatic nitrogens is 3. The van der Waals surface area contributed by atoms with E-state index in [1.165, 1.54) is 12.1 Å². The topological polar surface area (TPSA) is 128 Å². The molecule has 0 aliphatic carbocycles. The van der Waals surface area contributed by atoms with Crippen molar-refractivity contribution in [2.45, 2.75) is 23.3 Å². The summed E-state index contributed by atoms with van der Waals surface area (Å²) >= 11 is 0. The van der Waals surface area contributed by atoms with Crippen molar-refractivity contribution in [3.05, 3.63) is 89.5 Å². The van der Waals surface area contributed by atoms with E-state index in [0.717, 1.165) is 11.1 Å². The lowest BCUT2D eigenvalue weighted by Crippen LogP contribution is -2.09. The van der Waals surface area contributed by atoms with Gasteiger partial charge in [0.2, 0.25) is 9.84 Å². The van der Waals surface area contributed by atoms with Gasteiger partial charge < -0.3 is 15.4 Å². The number of rotatable bonds is 5. The van der Waals surface area contributed by atoms with E-state index < -0.39 is 15.8 Å². The van der Waals surface area contributed by atoms with E-state index >= 15 is 0 Å². The Kier molecular flexibility index (Phi) is 5.06. The second-order valence-electron chi connectivity index (χ2n) is 8.00. The van der Waals surface area contributed by atoms with E-state index in [9.17, 15) is 13.2 Å². The van der Waals surface area contributed by atoms with Crippen molar-refractivity contribution in [3.63, 3.8) is 0 Å². The smallest absolute Gasteiger partial charge is 0.335 e. The van der Waals surface area contributed by atoms with Crippen molar-refractivity contribution in [2.24, 2.45) is 0 Å². The molecular weight excluding hydrogens is 452 g/mol. The van der Waals surface area contributed by atoms with Gasteiger partial charge in [0, 0.05) is 0 Å². The number of carbonyl (C=O) groups is 1. The van der Waals surface area contributed by atoms with Gasteiger partial charge in [0.25, 0.3) is 0 Å². The van der Waals surface area contributed by atoms with Crippen molar-refractivity contribution >= 4 is 43.8 Å². The SMILES string of the molecule is Cc1ccc(S(=O)(=O)c2c(N)n(Cc3ccc(C(=O)O)cc3)c3nc4ccccc4nc23)cc1. The van der Waals surface area contributed by atoms with Gasteiger partial charge >= 0.3 is 5.97 Å². The maximum atomic E-state index is 13.7. The first-order chi connectivity index (χ1) is 16.3. The van der Waals surface area contributed by atoms with E-state index in [-0.39, 0.29) is 33.2 Å². The minimum Gasteiger partial charge on any atom is -0.478 e. The number of nitrogens with zero attached hydrogens (tertiary/aromatic N) is 3. The monoisotopic (exact) mass is 472 g/mol. The molecule has 2 aromatic heterocycles. The Balaban J connectivity index is 1.75. The lowest BCUT2D eigenvalue weighted by atomic mass is 10.1. The number of hydrogen-bond acceptors (Lipinski definition) is 6. The van der Waals surface area contributed by atoms with Crippen LogP contribution in [0.15, 0.2) is 82.6 Å². The molecule has 0 spiro atoms. The highest BCUT2D eigenvalue weighted by Crippen LogP contribution is 2.35. The lowest BCUT2D eigenvalue weighted by molar-refractivity contribution is 0.0697. The van der Waals surface area contributed by atoms with E-state index in [4.69, 9.17) is 10.8 Å². The Bertz CT molecular complexity index is 1670. The zero-order valence-corrected chi connectivity index (χ0v) is 19.0. The van der Waals surface area contributed by atoms with Crippen LogP contribution in [-0.2, 0) is 16.4 Å². The molecule has 5 aromatic rings. The molecule has 0 aliphatic heterocycles. The quantitative estimate of drug-likeness (QED) is 0.395. The Hall–Kier alpha value is -4.24. The number of aromatic carboxylic acids is 1. The van der Waals surface area contributed by atoms with Gasteiger partial charge in [-0.25, -0.2) is 23.2 Å². The minimum absolute atomic E-state index is 0.0215. The molecule has 3 N–H and O–H groups in total. The molecule has 0 fully saturated rings. The van der Waals surface area contributed by atoms with Crippen LogP contribution >= 0.6 is 0 Å². The number of anilines is 1. The van der Waals surface area contributed by atoms with Gasteiger partial charge in [0.15, 0.2) is 5.65 Å². The first-order valence-corrected chi connectivity index (χ1v) is 11.9. The molecule has 0 radical (unpaired) electrons. The summed E-state index contributed by atoms with van der Waals surface area (Å²) in [7, 11) is -4.00. The number of benzene rings is 3. The average molecular weight is 473 g/mol. The largest absolute Gasteiger partial charge is 0.478 e. The molecule has 0 aliphatic rings. The Morgan fingerprint density at radius 3 is 2.18 bits per heavy atom. The number of fused-ring (bicyclic) bond motifs is 2. The van der Waals surface area contributed by atoms with Crippen LogP contribution in [0.3, 0.4) is 0 Å². The third kappa shape index (κ3) is 3.56. The van der Waals surface area contributed by atoms with Crippen LogP contribution in [0.2, 0.25) is 0 Å². The molecule has 0 amide bonds. The van der Waals surface area contributed by atoms with Gasteiger partial charge in [-0.3, -0.25) is 0 Å². The van der Waals surface area contributed by atoms with Gasteiger partial charge in [-0.05, 0) is 48.9 Å². The van der Waals surface area contributed by atoms with Gasteiger partial charge in [-0.2, -0.15) is 0 Å². The van der Waals surface area contributed by atoms with E-state index in [1.54, 1.807) is 59.2 Å². The molecule has 9 heteroatoms. The number of aryl methyl sites for hydroxylation is 1. The summed E-state index contributed by atoms with van der Waals surface area (Å²) in [4.78, 5) is 20.5. The normalized spacial score (nSPS) is 11.8. The first kappa shape index (κ1) is 21.6. The molecule has 2 heterocycles. The van der Waals surface area contributed by atoms with E-state index in [2.05, 4.69) is 9.97 Å². The number of carboxylic acid groups (broad SMARTS) is 1. The number of sulfone groups is 1. The predicted molar refractivity (Wildman–Crippen MR) is 129 cm³/mol. The molecule has 3 aromatic carbocycles. The van der Waals surface area contributed by atoms with Crippen LogP contribution in [0, 0.1) is 6.92 Å². The molecule has 0 saturated heterocycles. The molecule has 170 valence electrons. The molecule has 5 rings (SSSR count). The van der Waals surface area contributed by atoms with Crippen LogP contribution in [0.4, 0.5) is 5.82 Å². The second kappa shape index (κ2) is 7.96. The van der Waals surface area contributed by atoms with Crippen molar-refractivity contribution in [1.82, 2.24) is 14.5 Å². The number of para-hydroxylation sites is 2. The summed E-state index contributed by atoms with van der Waals surface area (Å²) in [5.74, 6) is -1.01. The summed E-state index contributed by atoms with van der Waals surface area (Å²) in [5.41, 5.74) is 9.99. The van der Waals surface area contributed by atoms with Crippen LogP contribution < -0.4 is 5.73 Å². The summed E-state index contributed by atoms with van der Waals surface area (Å²) in [6.45, 7) is 2.07. The van der Waals surface area contributed by atoms with Crippen molar-refractivity contribution in [2.75, 3.05) is 5.73 Å². The zero-order chi connectivity index (χ0) is 24.0. The molecule has 0 bridgehead atoms. The number of nitrogens with two attached hydrogens (primary N) is 1.